The number of carbonyl (C=O) groups excluding carboxylic acids is 1. The number of hydrogen-bond donors (Lipinski definition) is 0. The summed E-state index contributed by atoms with van der Waals surface area (Å²) < 4.78 is 27.4. The second kappa shape index (κ2) is 12.0. The Hall–Kier alpha value is -1.43. The fourth-order valence-corrected chi connectivity index (χ4v) is 1.98. The van der Waals surface area contributed by atoms with Crippen LogP contribution in [0.2, 0.25) is 0 Å². The van der Waals surface area contributed by atoms with Crippen molar-refractivity contribution in [2.24, 2.45) is 0 Å². The van der Waals surface area contributed by atoms with E-state index in [1.54, 1.807) is 0 Å². The zero-order valence-electron chi connectivity index (χ0n) is 14.6. The van der Waals surface area contributed by atoms with Gasteiger partial charge in [0.05, 0.1) is 25.9 Å². The van der Waals surface area contributed by atoms with Crippen LogP contribution < -0.4 is 0 Å². The smallest absolute Gasteiger partial charge is 0.381 e. The Morgan fingerprint density at radius 3 is 2.09 bits per heavy atom. The first-order valence-electron chi connectivity index (χ1n) is 8.64. The first-order valence-corrected chi connectivity index (χ1v) is 8.64. The Morgan fingerprint density at radius 2 is 1.57 bits per heavy atom. The Bertz CT molecular complexity index is 350. The highest BCUT2D eigenvalue weighted by Crippen LogP contribution is 2.16. The minimum absolute atomic E-state index is 0.0201. The lowest BCUT2D eigenvalue weighted by atomic mass is 10.2. The van der Waals surface area contributed by atoms with E-state index in [-0.39, 0.29) is 24.4 Å². The van der Waals surface area contributed by atoms with Crippen molar-refractivity contribution in [2.75, 3.05) is 33.0 Å². The lowest BCUT2D eigenvalue weighted by Crippen LogP contribution is -2.22. The third kappa shape index (κ3) is 7.59. The Morgan fingerprint density at radius 1 is 0.957 bits per heavy atom. The lowest BCUT2D eigenvalue weighted by molar-refractivity contribution is -0.148. The molecule has 1 aliphatic rings. The highest BCUT2D eigenvalue weighted by atomic mass is 16.7. The molecular weight excluding hydrogens is 300 g/mol. The molecule has 1 unspecified atom stereocenters. The van der Waals surface area contributed by atoms with Gasteiger partial charge in [0.15, 0.2) is 0 Å². The molecule has 0 N–H and O–H groups in total. The first kappa shape index (κ1) is 19.6. The molecule has 1 atom stereocenters. The molecule has 1 fully saturated rings. The van der Waals surface area contributed by atoms with Crippen molar-refractivity contribution in [1.82, 2.24) is 0 Å². The monoisotopic (exact) mass is 330 g/mol. The normalized spacial score (nSPS) is 16.7. The van der Waals surface area contributed by atoms with E-state index >= 15 is 0 Å². The van der Waals surface area contributed by atoms with Gasteiger partial charge >= 0.3 is 11.9 Å². The zero-order chi connectivity index (χ0) is 16.9. The summed E-state index contributed by atoms with van der Waals surface area (Å²) in [7, 11) is 0. The van der Waals surface area contributed by atoms with Crippen LogP contribution in [0.15, 0.2) is 11.7 Å². The Kier molecular flexibility index (Phi) is 10.3. The van der Waals surface area contributed by atoms with Crippen LogP contribution in [0.25, 0.3) is 0 Å². The molecule has 1 heterocycles. The Labute approximate surface area is 139 Å². The number of esters is 1. The predicted octanol–water partition coefficient (Wildman–Crippen LogP) is 3.16. The lowest BCUT2D eigenvalue weighted by Gasteiger charge is -2.17. The van der Waals surface area contributed by atoms with Gasteiger partial charge < -0.3 is 23.7 Å². The van der Waals surface area contributed by atoms with Crippen LogP contribution in [0.1, 0.15) is 52.9 Å². The van der Waals surface area contributed by atoms with Crippen LogP contribution in [0.3, 0.4) is 0 Å². The maximum absolute atomic E-state index is 12.4. The van der Waals surface area contributed by atoms with Crippen molar-refractivity contribution in [2.45, 2.75) is 59.0 Å². The molecule has 0 bridgehead atoms. The van der Waals surface area contributed by atoms with Crippen LogP contribution in [0.4, 0.5) is 0 Å². The molecule has 6 nitrogen and oxygen atoms in total. The van der Waals surface area contributed by atoms with Gasteiger partial charge in [-0.2, -0.15) is 0 Å². The minimum Gasteiger partial charge on any atom is -0.482 e. The quantitative estimate of drug-likeness (QED) is 0.311. The standard InChI is InChI=1S/C17H30O6/c1-4-9-20-15(17(21-10-5-2)22-11-6-3)16(18)23-13-14-8-7-12-19-14/h14H,4-13H2,1-3H3. The van der Waals surface area contributed by atoms with E-state index in [1.165, 1.54) is 0 Å². The number of ether oxygens (including phenoxy) is 5. The maximum Gasteiger partial charge on any atom is 0.381 e. The van der Waals surface area contributed by atoms with Crippen LogP contribution in [-0.4, -0.2) is 45.1 Å². The molecule has 0 saturated carbocycles. The number of hydrogen-bond acceptors (Lipinski definition) is 6. The van der Waals surface area contributed by atoms with Crippen molar-refractivity contribution in [3.63, 3.8) is 0 Å². The van der Waals surface area contributed by atoms with Crippen molar-refractivity contribution in [1.29, 1.82) is 0 Å². The van der Waals surface area contributed by atoms with Gasteiger partial charge in [-0.25, -0.2) is 4.79 Å². The SMILES string of the molecule is CCCOC(OCCC)=C(OCCC)C(=O)OCC1CCCO1. The molecule has 1 saturated heterocycles. The average molecular weight is 330 g/mol. The molecular formula is C17H30O6. The van der Waals surface area contributed by atoms with Crippen molar-refractivity contribution >= 4 is 5.97 Å². The molecule has 0 aromatic heterocycles. The van der Waals surface area contributed by atoms with Crippen molar-refractivity contribution in [3.05, 3.63) is 11.7 Å². The van der Waals surface area contributed by atoms with Gasteiger partial charge in [-0.15, -0.1) is 0 Å². The van der Waals surface area contributed by atoms with Crippen LogP contribution in [0.5, 0.6) is 0 Å². The predicted molar refractivity (Wildman–Crippen MR) is 85.7 cm³/mol. The van der Waals surface area contributed by atoms with E-state index in [1.807, 2.05) is 20.8 Å². The second-order valence-corrected chi connectivity index (χ2v) is 5.40. The fourth-order valence-electron chi connectivity index (χ4n) is 1.98. The fraction of sp³-hybridized carbons (Fsp3) is 0.824. The molecule has 134 valence electrons. The molecule has 1 rings (SSSR count). The molecule has 1 aliphatic heterocycles. The summed E-state index contributed by atoms with van der Waals surface area (Å²) >= 11 is 0. The van der Waals surface area contributed by atoms with E-state index in [0.717, 1.165) is 38.7 Å². The highest BCUT2D eigenvalue weighted by molar-refractivity contribution is 5.86. The van der Waals surface area contributed by atoms with E-state index < -0.39 is 5.97 Å². The van der Waals surface area contributed by atoms with Gasteiger partial charge in [0.1, 0.15) is 6.61 Å². The van der Waals surface area contributed by atoms with Crippen molar-refractivity contribution < 1.29 is 28.5 Å². The van der Waals surface area contributed by atoms with Gasteiger partial charge in [-0.05, 0) is 32.1 Å². The molecule has 6 heteroatoms. The van der Waals surface area contributed by atoms with Crippen LogP contribution in [-0.2, 0) is 28.5 Å². The molecule has 0 spiro atoms. The van der Waals surface area contributed by atoms with Gasteiger partial charge in [-0.1, -0.05) is 20.8 Å². The summed E-state index contributed by atoms with van der Waals surface area (Å²) in [5, 5.41) is 0. The molecule has 0 aromatic carbocycles. The van der Waals surface area contributed by atoms with E-state index in [2.05, 4.69) is 0 Å². The summed E-state index contributed by atoms with van der Waals surface area (Å²) in [5.41, 5.74) is 0. The summed E-state index contributed by atoms with van der Waals surface area (Å²) in [4.78, 5) is 12.4. The largest absolute Gasteiger partial charge is 0.482 e. The molecule has 0 amide bonds. The van der Waals surface area contributed by atoms with E-state index in [4.69, 9.17) is 23.7 Å². The van der Waals surface area contributed by atoms with Crippen molar-refractivity contribution in [3.8, 4) is 0 Å². The molecule has 0 radical (unpaired) electrons. The second-order valence-electron chi connectivity index (χ2n) is 5.40. The van der Waals surface area contributed by atoms with Crippen LogP contribution in [0, 0.1) is 0 Å². The maximum atomic E-state index is 12.4. The summed E-state index contributed by atoms with van der Waals surface area (Å²) in [5.74, 6) is -0.414. The third-order valence-corrected chi connectivity index (χ3v) is 3.12. The van der Waals surface area contributed by atoms with Crippen LogP contribution >= 0.6 is 0 Å². The van der Waals surface area contributed by atoms with Gasteiger partial charge in [-0.3, -0.25) is 0 Å². The Balaban J connectivity index is 2.72. The molecule has 23 heavy (non-hydrogen) atoms. The summed E-state index contributed by atoms with van der Waals surface area (Å²) in [6.45, 7) is 8.20. The van der Waals surface area contributed by atoms with E-state index in [9.17, 15) is 4.79 Å². The summed E-state index contributed by atoms with van der Waals surface area (Å²) in [6.07, 6.45) is 4.28. The van der Waals surface area contributed by atoms with E-state index in [0.29, 0.717) is 19.8 Å². The van der Waals surface area contributed by atoms with Gasteiger partial charge in [0.2, 0.25) is 0 Å². The van der Waals surface area contributed by atoms with Gasteiger partial charge in [0.25, 0.3) is 5.76 Å². The highest BCUT2D eigenvalue weighted by Gasteiger charge is 2.25. The number of rotatable bonds is 12. The molecule has 0 aromatic rings. The molecule has 0 aliphatic carbocycles. The third-order valence-electron chi connectivity index (χ3n) is 3.12. The van der Waals surface area contributed by atoms with Gasteiger partial charge in [0, 0.05) is 6.61 Å². The number of carbonyl (C=O) groups is 1. The summed E-state index contributed by atoms with van der Waals surface area (Å²) in [6, 6.07) is 0. The first-order chi connectivity index (χ1) is 11.2. The average Bonchev–Trinajstić information content (AvgIpc) is 3.08. The minimum atomic E-state index is -0.559. The topological polar surface area (TPSA) is 63.2 Å². The zero-order valence-corrected chi connectivity index (χ0v) is 14.6.